The molecule has 1 saturated carbocycles. The largest absolute Gasteiger partial charge is 0.356 e. The Hall–Kier alpha value is -0.900. The number of sulfone groups is 1. The molecule has 0 unspecified atom stereocenters. The molecule has 0 atom stereocenters. The van der Waals surface area contributed by atoms with Crippen molar-refractivity contribution in [2.75, 3.05) is 25.9 Å². The van der Waals surface area contributed by atoms with E-state index in [-0.39, 0.29) is 41.2 Å². The summed E-state index contributed by atoms with van der Waals surface area (Å²) in [6.07, 6.45) is 7.72. The molecule has 8 heteroatoms. The number of hydrogen-bond donors (Lipinski definition) is 2. The maximum absolute atomic E-state index is 13.6. The van der Waals surface area contributed by atoms with Crippen molar-refractivity contribution in [2.45, 2.75) is 43.4 Å². The van der Waals surface area contributed by atoms with Gasteiger partial charge in [-0.15, -0.1) is 24.0 Å². The summed E-state index contributed by atoms with van der Waals surface area (Å²) in [6.45, 7) is 0.995. The Morgan fingerprint density at radius 1 is 1.19 bits per heavy atom. The van der Waals surface area contributed by atoms with E-state index in [1.807, 2.05) is 0 Å². The van der Waals surface area contributed by atoms with Gasteiger partial charge in [0.15, 0.2) is 15.8 Å². The molecule has 26 heavy (non-hydrogen) atoms. The van der Waals surface area contributed by atoms with Crippen molar-refractivity contribution >= 4 is 39.8 Å². The molecule has 0 saturated heterocycles. The van der Waals surface area contributed by atoms with Gasteiger partial charge in [0, 0.05) is 20.1 Å². The number of guanidine groups is 1. The maximum Gasteiger partial charge on any atom is 0.191 e. The van der Waals surface area contributed by atoms with Gasteiger partial charge < -0.3 is 10.6 Å². The van der Waals surface area contributed by atoms with Crippen LogP contribution in [0.25, 0.3) is 0 Å². The average molecular weight is 497 g/mol. The molecule has 1 aliphatic rings. The smallest absolute Gasteiger partial charge is 0.191 e. The van der Waals surface area contributed by atoms with Gasteiger partial charge in [-0.3, -0.25) is 4.99 Å². The quantitative estimate of drug-likeness (QED) is 0.250. The first kappa shape index (κ1) is 23.1. The molecule has 148 valence electrons. The second-order valence-electron chi connectivity index (χ2n) is 6.47. The van der Waals surface area contributed by atoms with Crippen molar-refractivity contribution < 1.29 is 12.8 Å². The van der Waals surface area contributed by atoms with Crippen LogP contribution in [-0.4, -0.2) is 40.3 Å². The Morgan fingerprint density at radius 3 is 2.50 bits per heavy atom. The van der Waals surface area contributed by atoms with Gasteiger partial charge in [0.05, 0.1) is 5.75 Å². The van der Waals surface area contributed by atoms with Crippen LogP contribution in [-0.2, 0) is 9.84 Å². The van der Waals surface area contributed by atoms with Gasteiger partial charge in [-0.05, 0) is 30.9 Å². The third kappa shape index (κ3) is 7.38. The molecule has 1 aromatic carbocycles. The van der Waals surface area contributed by atoms with Crippen LogP contribution in [0.15, 0.2) is 34.2 Å². The second-order valence-corrected chi connectivity index (χ2v) is 8.55. The Bertz CT molecular complexity index is 677. The predicted octanol–water partition coefficient (Wildman–Crippen LogP) is 3.35. The Kier molecular flexibility index (Phi) is 10.4. The highest BCUT2D eigenvalue weighted by Crippen LogP contribution is 2.28. The molecule has 1 aromatic rings. The predicted molar refractivity (Wildman–Crippen MR) is 114 cm³/mol. The minimum Gasteiger partial charge on any atom is -0.356 e. The molecule has 0 spiro atoms. The van der Waals surface area contributed by atoms with E-state index in [4.69, 9.17) is 0 Å². The van der Waals surface area contributed by atoms with Crippen molar-refractivity contribution in [3.05, 3.63) is 30.1 Å². The molecule has 0 aromatic heterocycles. The summed E-state index contributed by atoms with van der Waals surface area (Å²) in [5.41, 5.74) is 0. The molecular weight excluding hydrogens is 468 g/mol. The van der Waals surface area contributed by atoms with E-state index in [9.17, 15) is 12.8 Å². The fourth-order valence-corrected chi connectivity index (χ4v) is 4.47. The number of nitrogens with one attached hydrogen (secondary N) is 2. The highest BCUT2D eigenvalue weighted by Gasteiger charge is 2.18. The van der Waals surface area contributed by atoms with E-state index in [0.717, 1.165) is 24.9 Å². The first-order chi connectivity index (χ1) is 12.0. The molecule has 0 aliphatic heterocycles. The van der Waals surface area contributed by atoms with Crippen LogP contribution in [0.3, 0.4) is 0 Å². The maximum atomic E-state index is 13.6. The molecule has 1 fully saturated rings. The number of hydrogen-bond acceptors (Lipinski definition) is 3. The van der Waals surface area contributed by atoms with E-state index in [1.54, 1.807) is 7.05 Å². The Balaban J connectivity index is 0.00000338. The van der Waals surface area contributed by atoms with Crippen molar-refractivity contribution in [2.24, 2.45) is 10.9 Å². The first-order valence-electron chi connectivity index (χ1n) is 8.95. The fourth-order valence-electron chi connectivity index (χ4n) is 3.23. The van der Waals surface area contributed by atoms with E-state index in [0.29, 0.717) is 5.96 Å². The lowest BCUT2D eigenvalue weighted by Gasteiger charge is -2.13. The van der Waals surface area contributed by atoms with E-state index in [2.05, 4.69) is 15.6 Å². The summed E-state index contributed by atoms with van der Waals surface area (Å²) in [6, 6.07) is 5.45. The van der Waals surface area contributed by atoms with E-state index in [1.165, 1.54) is 50.3 Å². The van der Waals surface area contributed by atoms with Crippen molar-refractivity contribution in [1.82, 2.24) is 10.6 Å². The number of benzene rings is 1. The molecular formula is C18H29FIN3O2S. The van der Waals surface area contributed by atoms with Gasteiger partial charge in [0.25, 0.3) is 0 Å². The summed E-state index contributed by atoms with van der Waals surface area (Å²) in [5.74, 6) is 0.547. The number of aliphatic imine (C=N–C) groups is 1. The lowest BCUT2D eigenvalue weighted by atomic mass is 10.0. The van der Waals surface area contributed by atoms with Gasteiger partial charge >= 0.3 is 0 Å². The van der Waals surface area contributed by atoms with Gasteiger partial charge in [-0.1, -0.05) is 37.8 Å². The lowest BCUT2D eigenvalue weighted by Crippen LogP contribution is -2.40. The zero-order chi connectivity index (χ0) is 18.1. The van der Waals surface area contributed by atoms with Crippen molar-refractivity contribution in [3.8, 4) is 0 Å². The zero-order valence-electron chi connectivity index (χ0n) is 15.2. The number of halogens is 2. The van der Waals surface area contributed by atoms with Crippen molar-refractivity contribution in [1.29, 1.82) is 0 Å². The minimum atomic E-state index is -3.65. The Labute approximate surface area is 173 Å². The SMILES string of the molecule is CN=C(NCCCC1CCCC1)NCCS(=O)(=O)c1ccccc1F.I. The fraction of sp³-hybridized carbons (Fsp3) is 0.611. The van der Waals surface area contributed by atoms with Gasteiger partial charge in [0.2, 0.25) is 0 Å². The molecule has 0 bridgehead atoms. The highest BCUT2D eigenvalue weighted by atomic mass is 127. The summed E-state index contributed by atoms with van der Waals surface area (Å²) in [7, 11) is -2.00. The summed E-state index contributed by atoms with van der Waals surface area (Å²) in [5, 5.41) is 6.18. The van der Waals surface area contributed by atoms with Crippen LogP contribution in [0.1, 0.15) is 38.5 Å². The lowest BCUT2D eigenvalue weighted by molar-refractivity contribution is 0.481. The minimum absolute atomic E-state index is 0. The molecule has 2 N–H and O–H groups in total. The number of rotatable bonds is 8. The molecule has 1 aliphatic carbocycles. The third-order valence-corrected chi connectivity index (χ3v) is 6.36. The highest BCUT2D eigenvalue weighted by molar-refractivity contribution is 14.0. The molecule has 0 amide bonds. The summed E-state index contributed by atoms with van der Waals surface area (Å²) < 4.78 is 38.0. The van der Waals surface area contributed by atoms with Crippen LogP contribution in [0.2, 0.25) is 0 Å². The molecule has 5 nitrogen and oxygen atoms in total. The topological polar surface area (TPSA) is 70.6 Å². The van der Waals surface area contributed by atoms with Gasteiger partial charge in [0.1, 0.15) is 10.7 Å². The van der Waals surface area contributed by atoms with E-state index >= 15 is 0 Å². The van der Waals surface area contributed by atoms with Crippen LogP contribution >= 0.6 is 24.0 Å². The second kappa shape index (κ2) is 11.7. The van der Waals surface area contributed by atoms with Crippen molar-refractivity contribution in [3.63, 3.8) is 0 Å². The van der Waals surface area contributed by atoms with E-state index < -0.39 is 15.7 Å². The molecule has 2 rings (SSSR count). The summed E-state index contributed by atoms with van der Waals surface area (Å²) >= 11 is 0. The van der Waals surface area contributed by atoms with Crippen LogP contribution in [0.4, 0.5) is 4.39 Å². The normalized spacial score (nSPS) is 15.5. The summed E-state index contributed by atoms with van der Waals surface area (Å²) in [4.78, 5) is 3.84. The van der Waals surface area contributed by atoms with Crippen LogP contribution in [0, 0.1) is 11.7 Å². The standard InChI is InChI=1S/C18H28FN3O2S.HI/c1-20-18(21-12-6-9-15-7-2-3-8-15)22-13-14-25(23,24)17-11-5-4-10-16(17)19;/h4-5,10-11,15H,2-3,6-9,12-14H2,1H3,(H2,20,21,22);1H. The molecule has 0 radical (unpaired) electrons. The first-order valence-corrected chi connectivity index (χ1v) is 10.6. The zero-order valence-corrected chi connectivity index (χ0v) is 18.4. The third-order valence-electron chi connectivity index (χ3n) is 4.61. The Morgan fingerprint density at radius 2 is 1.85 bits per heavy atom. The van der Waals surface area contributed by atoms with Crippen LogP contribution in [0.5, 0.6) is 0 Å². The van der Waals surface area contributed by atoms with Gasteiger partial charge in [-0.2, -0.15) is 0 Å². The molecule has 0 heterocycles. The average Bonchev–Trinajstić information content (AvgIpc) is 3.10. The van der Waals surface area contributed by atoms with Crippen LogP contribution < -0.4 is 10.6 Å². The number of nitrogens with zero attached hydrogens (tertiary/aromatic N) is 1. The monoisotopic (exact) mass is 497 g/mol. The van der Waals surface area contributed by atoms with Gasteiger partial charge in [-0.25, -0.2) is 12.8 Å².